The van der Waals surface area contributed by atoms with E-state index in [0.29, 0.717) is 16.6 Å². The molecule has 0 saturated carbocycles. The molecule has 2 heterocycles. The molecule has 34 heavy (non-hydrogen) atoms. The number of hydrazine groups is 1. The number of carbonyl (C=O) groups is 2. The molecule has 0 unspecified atom stereocenters. The van der Waals surface area contributed by atoms with Gasteiger partial charge in [0.1, 0.15) is 5.69 Å². The van der Waals surface area contributed by atoms with Crippen LogP contribution in [0.25, 0.3) is 33.5 Å². The number of aromatic nitrogens is 3. The molecular formula is C27H19N5O2. The summed E-state index contributed by atoms with van der Waals surface area (Å²) in [4.78, 5) is 38.5. The minimum atomic E-state index is -0.506. The first-order valence-corrected chi connectivity index (χ1v) is 10.6. The number of fused-ring (bicyclic) bond motifs is 1. The molecular weight excluding hydrogens is 426 g/mol. The summed E-state index contributed by atoms with van der Waals surface area (Å²) >= 11 is 0. The van der Waals surface area contributed by atoms with E-state index in [1.54, 1.807) is 36.4 Å². The summed E-state index contributed by atoms with van der Waals surface area (Å²) in [5.41, 5.74) is 9.93. The van der Waals surface area contributed by atoms with Gasteiger partial charge in [0, 0.05) is 22.9 Å². The van der Waals surface area contributed by atoms with E-state index in [0.717, 1.165) is 22.5 Å². The topological polar surface area (TPSA) is 96.9 Å². The quantitative estimate of drug-likeness (QED) is 0.399. The van der Waals surface area contributed by atoms with Crippen molar-refractivity contribution in [3.05, 3.63) is 115 Å². The molecule has 2 amide bonds. The number of nitrogens with one attached hydrogen (secondary N) is 2. The van der Waals surface area contributed by atoms with E-state index in [1.807, 2.05) is 60.7 Å². The van der Waals surface area contributed by atoms with Crippen LogP contribution in [0, 0.1) is 0 Å². The van der Waals surface area contributed by atoms with Crippen LogP contribution in [-0.4, -0.2) is 26.8 Å². The van der Waals surface area contributed by atoms with Crippen LogP contribution in [-0.2, 0) is 0 Å². The number of nitrogens with zero attached hydrogens (tertiary/aromatic N) is 3. The highest BCUT2D eigenvalue weighted by atomic mass is 16.2. The van der Waals surface area contributed by atoms with Crippen molar-refractivity contribution in [1.82, 2.24) is 25.8 Å². The summed E-state index contributed by atoms with van der Waals surface area (Å²) in [5.74, 6) is -0.977. The molecule has 3 aromatic carbocycles. The normalized spacial score (nSPS) is 10.6. The standard InChI is InChI=1S/C27H19N5O2/c33-26(31-32-27(34)22-13-7-8-16-28-22)20-14-15-21-23(17-20)30-25(19-11-5-2-6-12-19)24(29-21)18-9-3-1-4-10-18/h1-17H,(H,31,33)(H,32,34). The summed E-state index contributed by atoms with van der Waals surface area (Å²) < 4.78 is 0. The number of hydrogen-bond donors (Lipinski definition) is 2. The van der Waals surface area contributed by atoms with E-state index in [1.165, 1.54) is 6.20 Å². The lowest BCUT2D eigenvalue weighted by Crippen LogP contribution is -2.41. The zero-order valence-corrected chi connectivity index (χ0v) is 18.0. The second-order valence-corrected chi connectivity index (χ2v) is 7.48. The van der Waals surface area contributed by atoms with Crippen molar-refractivity contribution in [1.29, 1.82) is 0 Å². The van der Waals surface area contributed by atoms with Crippen LogP contribution < -0.4 is 10.9 Å². The minimum Gasteiger partial charge on any atom is -0.267 e. The maximum Gasteiger partial charge on any atom is 0.288 e. The molecule has 0 fully saturated rings. The van der Waals surface area contributed by atoms with Gasteiger partial charge in [-0.15, -0.1) is 0 Å². The first kappa shape index (κ1) is 21.0. The first-order valence-electron chi connectivity index (χ1n) is 10.6. The summed E-state index contributed by atoms with van der Waals surface area (Å²) in [6.45, 7) is 0. The molecule has 2 aromatic heterocycles. The van der Waals surface area contributed by atoms with Crippen molar-refractivity contribution < 1.29 is 9.59 Å². The Morgan fingerprint density at radius 1 is 0.588 bits per heavy atom. The van der Waals surface area contributed by atoms with Gasteiger partial charge >= 0.3 is 0 Å². The Morgan fingerprint density at radius 2 is 1.18 bits per heavy atom. The molecule has 0 aliphatic carbocycles. The number of rotatable bonds is 4. The van der Waals surface area contributed by atoms with Gasteiger partial charge in [-0.25, -0.2) is 9.97 Å². The lowest BCUT2D eigenvalue weighted by Gasteiger charge is -2.12. The van der Waals surface area contributed by atoms with Crippen molar-refractivity contribution in [3.8, 4) is 22.5 Å². The number of hydrogen-bond acceptors (Lipinski definition) is 5. The molecule has 0 radical (unpaired) electrons. The van der Waals surface area contributed by atoms with Gasteiger partial charge in [0.25, 0.3) is 11.8 Å². The van der Waals surface area contributed by atoms with E-state index in [-0.39, 0.29) is 5.69 Å². The zero-order chi connectivity index (χ0) is 23.3. The Hall–Kier alpha value is -4.91. The Kier molecular flexibility index (Phi) is 5.73. The van der Waals surface area contributed by atoms with Gasteiger partial charge in [-0.3, -0.25) is 25.4 Å². The second-order valence-electron chi connectivity index (χ2n) is 7.48. The molecule has 5 rings (SSSR count). The van der Waals surface area contributed by atoms with Crippen molar-refractivity contribution in [2.45, 2.75) is 0 Å². The van der Waals surface area contributed by atoms with Gasteiger partial charge < -0.3 is 0 Å². The fraction of sp³-hybridized carbons (Fsp3) is 0. The fourth-order valence-corrected chi connectivity index (χ4v) is 3.54. The van der Waals surface area contributed by atoms with Gasteiger partial charge in [-0.05, 0) is 30.3 Å². The molecule has 0 bridgehead atoms. The predicted molar refractivity (Wildman–Crippen MR) is 130 cm³/mol. The highest BCUT2D eigenvalue weighted by Crippen LogP contribution is 2.31. The monoisotopic (exact) mass is 445 g/mol. The van der Waals surface area contributed by atoms with E-state index in [4.69, 9.17) is 9.97 Å². The molecule has 0 atom stereocenters. The number of carbonyl (C=O) groups excluding carboxylic acids is 2. The van der Waals surface area contributed by atoms with Crippen LogP contribution in [0.3, 0.4) is 0 Å². The average molecular weight is 445 g/mol. The van der Waals surface area contributed by atoms with E-state index >= 15 is 0 Å². The molecule has 5 aromatic rings. The van der Waals surface area contributed by atoms with Crippen LogP contribution in [0.4, 0.5) is 0 Å². The van der Waals surface area contributed by atoms with Crippen molar-refractivity contribution >= 4 is 22.8 Å². The van der Waals surface area contributed by atoms with E-state index < -0.39 is 11.8 Å². The smallest absolute Gasteiger partial charge is 0.267 e. The van der Waals surface area contributed by atoms with Gasteiger partial charge in [0.15, 0.2) is 0 Å². The molecule has 7 nitrogen and oxygen atoms in total. The average Bonchev–Trinajstić information content (AvgIpc) is 2.92. The Balaban J connectivity index is 1.48. The van der Waals surface area contributed by atoms with E-state index in [2.05, 4.69) is 15.8 Å². The molecule has 0 saturated heterocycles. The number of benzene rings is 3. The van der Waals surface area contributed by atoms with Crippen LogP contribution in [0.5, 0.6) is 0 Å². The molecule has 164 valence electrons. The maximum atomic E-state index is 12.7. The van der Waals surface area contributed by atoms with Crippen LogP contribution in [0.15, 0.2) is 103 Å². The zero-order valence-electron chi connectivity index (χ0n) is 18.0. The van der Waals surface area contributed by atoms with Crippen LogP contribution in [0.2, 0.25) is 0 Å². The third-order valence-corrected chi connectivity index (χ3v) is 5.21. The largest absolute Gasteiger partial charge is 0.288 e. The summed E-state index contributed by atoms with van der Waals surface area (Å²) in [6, 6.07) is 29.7. The summed E-state index contributed by atoms with van der Waals surface area (Å²) in [7, 11) is 0. The van der Waals surface area contributed by atoms with E-state index in [9.17, 15) is 9.59 Å². The molecule has 0 aliphatic rings. The molecule has 0 aliphatic heterocycles. The SMILES string of the molecule is O=C(NNC(=O)c1ccccn1)c1ccc2nc(-c3ccccc3)c(-c3ccccc3)nc2c1. The summed E-state index contributed by atoms with van der Waals surface area (Å²) in [5, 5.41) is 0. The highest BCUT2D eigenvalue weighted by molar-refractivity contribution is 6.00. The van der Waals surface area contributed by atoms with Gasteiger partial charge in [-0.1, -0.05) is 66.7 Å². The maximum absolute atomic E-state index is 12.7. The van der Waals surface area contributed by atoms with Crippen molar-refractivity contribution in [3.63, 3.8) is 0 Å². The number of amides is 2. The van der Waals surface area contributed by atoms with Crippen molar-refractivity contribution in [2.75, 3.05) is 0 Å². The third-order valence-electron chi connectivity index (χ3n) is 5.21. The van der Waals surface area contributed by atoms with Gasteiger partial charge in [-0.2, -0.15) is 0 Å². The Labute approximate surface area is 195 Å². The van der Waals surface area contributed by atoms with Gasteiger partial charge in [0.2, 0.25) is 0 Å². The Bertz CT molecular complexity index is 1470. The predicted octanol–water partition coefficient (Wildman–Crippen LogP) is 4.43. The second kappa shape index (κ2) is 9.30. The van der Waals surface area contributed by atoms with Crippen molar-refractivity contribution in [2.24, 2.45) is 0 Å². The van der Waals surface area contributed by atoms with Gasteiger partial charge in [0.05, 0.1) is 22.4 Å². The fourth-order valence-electron chi connectivity index (χ4n) is 3.54. The highest BCUT2D eigenvalue weighted by Gasteiger charge is 2.15. The summed E-state index contributed by atoms with van der Waals surface area (Å²) in [6.07, 6.45) is 1.51. The lowest BCUT2D eigenvalue weighted by molar-refractivity contribution is 0.0844. The first-order chi connectivity index (χ1) is 16.7. The molecule has 0 spiro atoms. The molecule has 2 N–H and O–H groups in total. The molecule has 7 heteroatoms. The number of pyridine rings is 1. The lowest BCUT2D eigenvalue weighted by atomic mass is 10.0. The minimum absolute atomic E-state index is 0.202. The third kappa shape index (κ3) is 4.35. The van der Waals surface area contributed by atoms with Crippen LogP contribution >= 0.6 is 0 Å². The Morgan fingerprint density at radius 3 is 1.79 bits per heavy atom. The van der Waals surface area contributed by atoms with Crippen LogP contribution in [0.1, 0.15) is 20.8 Å².